The summed E-state index contributed by atoms with van der Waals surface area (Å²) < 4.78 is 17.2. The number of likely N-dealkylation sites (tertiary alicyclic amines) is 2. The largest absolute Gasteiger partial charge is 0.476 e. The lowest BCUT2D eigenvalue weighted by atomic mass is 9.79. The minimum atomic E-state index is -1.06. The fraction of sp³-hybridized carbons (Fsp3) is 0.595. The Morgan fingerprint density at radius 1 is 0.964 bits per heavy atom. The normalized spacial score (nSPS) is 21.9. The van der Waals surface area contributed by atoms with E-state index in [9.17, 15) is 24.0 Å². The van der Waals surface area contributed by atoms with Crippen molar-refractivity contribution in [2.45, 2.75) is 103 Å². The number of hydrogen-bond donors (Lipinski definition) is 1. The monoisotopic (exact) mass is 759 g/mol. The number of nitrogens with one attached hydrogen (secondary N) is 1. The fourth-order valence-electron chi connectivity index (χ4n) is 8.07. The topological polar surface area (TPSA) is 138 Å². The fourth-order valence-corrected chi connectivity index (χ4v) is 8.07. The zero-order chi connectivity index (χ0) is 39.7. The molecule has 55 heavy (non-hydrogen) atoms. The van der Waals surface area contributed by atoms with Gasteiger partial charge < -0.3 is 39.1 Å². The minimum absolute atomic E-state index is 0.00413. The van der Waals surface area contributed by atoms with Gasteiger partial charge in [-0.2, -0.15) is 0 Å². The third-order valence-corrected chi connectivity index (χ3v) is 11.1. The van der Waals surface area contributed by atoms with Crippen LogP contribution in [0, 0.1) is 11.8 Å². The Bertz CT molecular complexity index is 1760. The third kappa shape index (κ3) is 8.92. The molecule has 1 aliphatic carbocycles. The molecule has 0 aromatic heterocycles. The van der Waals surface area contributed by atoms with Gasteiger partial charge in [0.15, 0.2) is 5.60 Å². The number of fused-ring (bicyclic) bond motifs is 1. The lowest BCUT2D eigenvalue weighted by Gasteiger charge is -2.44. The van der Waals surface area contributed by atoms with E-state index >= 15 is 0 Å². The van der Waals surface area contributed by atoms with Crippen LogP contribution in [0.2, 0.25) is 0 Å². The van der Waals surface area contributed by atoms with Crippen LogP contribution in [-0.4, -0.2) is 103 Å². The Morgan fingerprint density at radius 2 is 1.64 bits per heavy atom. The second-order valence-corrected chi connectivity index (χ2v) is 17.0. The number of amides is 5. The molecule has 6 rings (SSSR count). The van der Waals surface area contributed by atoms with E-state index in [1.165, 1.54) is 4.90 Å². The Hall–Kier alpha value is -4.65. The number of methoxy groups -OCH3 is 1. The lowest BCUT2D eigenvalue weighted by Crippen LogP contribution is -2.58. The summed E-state index contributed by atoms with van der Waals surface area (Å²) in [5.41, 5.74) is -0.373. The standard InChI is InChI=1S/C42H57N5O8/c1-28(48)44-21-18-42(19-22-44,31-12-9-8-10-13-31)43-36(49)29-24-30(27-45(26-29)39(52)55-40(2,3)4)37(50)47(32-14-15-32)33-16-17-35-34(25-33)46(20-11-23-53-7)38(51)41(5,6)54-35/h8-10,12-13,16-17,25,29-30,32H,11,14-15,18-24,26-27H2,1-7H3,(H,43,49)/t29-,30+/m0/s1. The summed E-state index contributed by atoms with van der Waals surface area (Å²) in [6, 6.07) is 15.3. The van der Waals surface area contributed by atoms with Crippen LogP contribution >= 0.6 is 0 Å². The van der Waals surface area contributed by atoms with E-state index in [0.717, 1.165) is 18.4 Å². The highest BCUT2D eigenvalue weighted by Crippen LogP contribution is 2.43. The van der Waals surface area contributed by atoms with E-state index in [-0.39, 0.29) is 49.2 Å². The third-order valence-electron chi connectivity index (χ3n) is 11.1. The van der Waals surface area contributed by atoms with Gasteiger partial charge in [-0.1, -0.05) is 30.3 Å². The average Bonchev–Trinajstić information content (AvgIpc) is 3.98. The second kappa shape index (κ2) is 15.8. The molecule has 3 fully saturated rings. The maximum Gasteiger partial charge on any atom is 0.410 e. The van der Waals surface area contributed by atoms with E-state index in [1.54, 1.807) is 63.4 Å². The van der Waals surface area contributed by atoms with Crippen molar-refractivity contribution in [1.29, 1.82) is 0 Å². The number of hydrogen-bond acceptors (Lipinski definition) is 8. The van der Waals surface area contributed by atoms with Gasteiger partial charge in [0.1, 0.15) is 11.4 Å². The van der Waals surface area contributed by atoms with Gasteiger partial charge in [0, 0.05) is 65.1 Å². The van der Waals surface area contributed by atoms with Gasteiger partial charge in [0.25, 0.3) is 5.91 Å². The number of rotatable bonds is 10. The van der Waals surface area contributed by atoms with E-state index < -0.39 is 34.7 Å². The van der Waals surface area contributed by atoms with Gasteiger partial charge >= 0.3 is 6.09 Å². The first-order valence-corrected chi connectivity index (χ1v) is 19.6. The van der Waals surface area contributed by atoms with Gasteiger partial charge in [-0.15, -0.1) is 0 Å². The number of carbonyl (C=O) groups is 5. The van der Waals surface area contributed by atoms with E-state index in [2.05, 4.69) is 5.32 Å². The molecule has 2 atom stereocenters. The number of piperidine rings is 2. The molecular weight excluding hydrogens is 702 g/mol. The highest BCUT2D eigenvalue weighted by Gasteiger charge is 2.47. The highest BCUT2D eigenvalue weighted by molar-refractivity contribution is 6.04. The molecule has 3 heterocycles. The smallest absolute Gasteiger partial charge is 0.410 e. The Morgan fingerprint density at radius 3 is 2.25 bits per heavy atom. The van der Waals surface area contributed by atoms with Crippen LogP contribution in [0.25, 0.3) is 0 Å². The summed E-state index contributed by atoms with van der Waals surface area (Å²) in [4.78, 5) is 75.6. The van der Waals surface area contributed by atoms with Crippen molar-refractivity contribution in [3.8, 4) is 5.75 Å². The van der Waals surface area contributed by atoms with Crippen molar-refractivity contribution in [1.82, 2.24) is 15.1 Å². The average molecular weight is 760 g/mol. The molecule has 0 spiro atoms. The number of anilines is 2. The van der Waals surface area contributed by atoms with E-state index in [0.29, 0.717) is 62.6 Å². The molecule has 2 aromatic carbocycles. The predicted molar refractivity (Wildman–Crippen MR) is 208 cm³/mol. The number of ether oxygens (including phenoxy) is 3. The van der Waals surface area contributed by atoms with Gasteiger partial charge in [-0.3, -0.25) is 19.2 Å². The Balaban J connectivity index is 1.30. The van der Waals surface area contributed by atoms with Crippen molar-refractivity contribution in [3.63, 3.8) is 0 Å². The molecule has 1 saturated carbocycles. The first-order chi connectivity index (χ1) is 26.0. The van der Waals surface area contributed by atoms with E-state index in [1.807, 2.05) is 48.5 Å². The van der Waals surface area contributed by atoms with Crippen LogP contribution in [0.15, 0.2) is 48.5 Å². The maximum atomic E-state index is 14.9. The zero-order valence-electron chi connectivity index (χ0n) is 33.4. The first kappa shape index (κ1) is 40.0. The van der Waals surface area contributed by atoms with Crippen molar-refractivity contribution in [3.05, 3.63) is 54.1 Å². The highest BCUT2D eigenvalue weighted by atomic mass is 16.6. The van der Waals surface area contributed by atoms with Crippen molar-refractivity contribution in [2.24, 2.45) is 11.8 Å². The summed E-state index contributed by atoms with van der Waals surface area (Å²) in [5, 5.41) is 3.37. The molecule has 13 heteroatoms. The van der Waals surface area contributed by atoms with Gasteiger partial charge in [0.05, 0.1) is 23.1 Å². The summed E-state index contributed by atoms with van der Waals surface area (Å²) in [7, 11) is 1.63. The summed E-state index contributed by atoms with van der Waals surface area (Å²) in [6.07, 6.45) is 2.98. The molecule has 0 radical (unpaired) electrons. The summed E-state index contributed by atoms with van der Waals surface area (Å²) >= 11 is 0. The molecule has 0 bridgehead atoms. The number of carbonyl (C=O) groups excluding carboxylic acids is 5. The Kier molecular flexibility index (Phi) is 11.5. The van der Waals surface area contributed by atoms with Gasteiger partial charge in [0.2, 0.25) is 17.7 Å². The van der Waals surface area contributed by atoms with Crippen molar-refractivity contribution in [2.75, 3.05) is 56.2 Å². The van der Waals surface area contributed by atoms with E-state index in [4.69, 9.17) is 14.2 Å². The zero-order valence-corrected chi connectivity index (χ0v) is 33.4. The van der Waals surface area contributed by atoms with Gasteiger partial charge in [-0.25, -0.2) is 4.79 Å². The predicted octanol–water partition coefficient (Wildman–Crippen LogP) is 5.25. The molecule has 2 saturated heterocycles. The van der Waals surface area contributed by atoms with Crippen molar-refractivity contribution < 1.29 is 38.2 Å². The van der Waals surface area contributed by atoms with Crippen LogP contribution in [-0.2, 0) is 34.2 Å². The van der Waals surface area contributed by atoms with Crippen LogP contribution in [0.3, 0.4) is 0 Å². The summed E-state index contributed by atoms with van der Waals surface area (Å²) in [6.45, 7) is 12.5. The molecule has 2 aromatic rings. The first-order valence-electron chi connectivity index (χ1n) is 19.6. The molecule has 5 amide bonds. The Labute approximate surface area is 324 Å². The number of benzene rings is 2. The molecule has 0 unspecified atom stereocenters. The molecule has 13 nitrogen and oxygen atoms in total. The summed E-state index contributed by atoms with van der Waals surface area (Å²) in [5.74, 6) is -1.45. The van der Waals surface area contributed by atoms with Crippen molar-refractivity contribution >= 4 is 41.1 Å². The molecular formula is C42H57N5O8. The maximum absolute atomic E-state index is 14.9. The minimum Gasteiger partial charge on any atom is -0.476 e. The van der Waals surface area contributed by atoms with Crippen LogP contribution in [0.1, 0.15) is 85.6 Å². The second-order valence-electron chi connectivity index (χ2n) is 17.0. The quantitative estimate of drug-likeness (QED) is 0.325. The lowest BCUT2D eigenvalue weighted by molar-refractivity contribution is -0.134. The molecule has 4 aliphatic rings. The van der Waals surface area contributed by atoms with Crippen LogP contribution in [0.4, 0.5) is 16.2 Å². The van der Waals surface area contributed by atoms with Crippen LogP contribution in [0.5, 0.6) is 5.75 Å². The SMILES string of the molecule is COCCCN1C(=O)C(C)(C)Oc2ccc(N(C(=O)[C@@H]3C[C@H](C(=O)NC4(c5ccccc5)CCN(C(C)=O)CC4)CN(C(=O)OC(C)(C)C)C3)C3CC3)cc21. The molecule has 1 N–H and O–H groups in total. The molecule has 298 valence electrons. The number of nitrogens with zero attached hydrogens (tertiary/aromatic N) is 4. The van der Waals surface area contributed by atoms with Gasteiger partial charge in [-0.05, 0) is 96.9 Å². The van der Waals surface area contributed by atoms with Crippen LogP contribution < -0.4 is 19.9 Å². The molecule has 3 aliphatic heterocycles.